The molecule has 0 amide bonds. The molecule has 6 heteroatoms. The van der Waals surface area contributed by atoms with E-state index in [9.17, 15) is 18.0 Å². The lowest BCUT2D eigenvalue weighted by molar-refractivity contribution is 0.0592. The Bertz CT molecular complexity index is 387. The summed E-state index contributed by atoms with van der Waals surface area (Å²) < 4.78 is 42.7. The number of benzene rings is 1. The average molecular weight is 283 g/mol. The van der Waals surface area contributed by atoms with Crippen molar-refractivity contribution in [3.63, 3.8) is 0 Å². The summed E-state index contributed by atoms with van der Waals surface area (Å²) >= 11 is 1.90. The molecule has 0 aromatic heterocycles. The van der Waals surface area contributed by atoms with Gasteiger partial charge in [-0.15, -0.1) is 0 Å². The second-order valence-electron chi connectivity index (χ2n) is 2.68. The third-order valence-electron chi connectivity index (χ3n) is 1.67. The Balaban J connectivity index is 3.08. The van der Waals surface area contributed by atoms with Crippen molar-refractivity contribution >= 4 is 21.7 Å². The lowest BCUT2D eigenvalue weighted by Crippen LogP contribution is -2.20. The van der Waals surface area contributed by atoms with Gasteiger partial charge in [0.05, 0.1) is 7.11 Å². The van der Waals surface area contributed by atoms with E-state index in [1.54, 1.807) is 0 Å². The van der Waals surface area contributed by atoms with Gasteiger partial charge in [0.2, 0.25) is 5.78 Å². The maximum absolute atomic E-state index is 13.1. The molecular formula is C9H6BrF3O2. The third kappa shape index (κ3) is 2.71. The molecule has 0 unspecified atom stereocenters. The second kappa shape index (κ2) is 4.22. The second-order valence-corrected chi connectivity index (χ2v) is 3.67. The molecule has 0 heterocycles. The smallest absolute Gasteiger partial charge is 0.363 e. The van der Waals surface area contributed by atoms with E-state index < -0.39 is 22.0 Å². The first-order valence-corrected chi connectivity index (χ1v) is 4.60. The normalized spacial score (nSPS) is 11.3. The van der Waals surface area contributed by atoms with Crippen LogP contribution in [0.4, 0.5) is 13.2 Å². The summed E-state index contributed by atoms with van der Waals surface area (Å²) in [5.74, 6) is -2.46. The summed E-state index contributed by atoms with van der Waals surface area (Å²) in [7, 11) is 1.24. The minimum absolute atomic E-state index is 0.107. The van der Waals surface area contributed by atoms with Crippen LogP contribution < -0.4 is 4.74 Å². The lowest BCUT2D eigenvalue weighted by Gasteiger charge is -2.08. The molecular weight excluding hydrogens is 277 g/mol. The van der Waals surface area contributed by atoms with E-state index in [-0.39, 0.29) is 5.75 Å². The predicted octanol–water partition coefficient (Wildman–Crippen LogP) is 3.00. The molecule has 1 aromatic carbocycles. The van der Waals surface area contributed by atoms with Gasteiger partial charge in [-0.25, -0.2) is 4.39 Å². The number of ether oxygens (including phenoxy) is 1. The highest BCUT2D eigenvalue weighted by Gasteiger charge is 2.36. The van der Waals surface area contributed by atoms with Gasteiger partial charge in [0.1, 0.15) is 0 Å². The van der Waals surface area contributed by atoms with Gasteiger partial charge in [-0.1, -0.05) is 0 Å². The molecule has 82 valence electrons. The number of carbonyl (C=O) groups is 1. The van der Waals surface area contributed by atoms with Gasteiger partial charge in [0, 0.05) is 5.56 Å². The van der Waals surface area contributed by atoms with Crippen molar-refractivity contribution in [2.45, 2.75) is 4.83 Å². The van der Waals surface area contributed by atoms with Crippen LogP contribution >= 0.6 is 15.9 Å². The fourth-order valence-corrected chi connectivity index (χ4v) is 1.20. The Morgan fingerprint density at radius 3 is 2.47 bits per heavy atom. The Morgan fingerprint density at radius 2 is 2.07 bits per heavy atom. The van der Waals surface area contributed by atoms with Crippen molar-refractivity contribution < 1.29 is 22.7 Å². The summed E-state index contributed by atoms with van der Waals surface area (Å²) in [6, 6.07) is 2.89. The molecule has 0 saturated carbocycles. The topological polar surface area (TPSA) is 26.3 Å². The Hall–Kier alpha value is -1.04. The van der Waals surface area contributed by atoms with Gasteiger partial charge >= 0.3 is 4.83 Å². The van der Waals surface area contributed by atoms with Crippen molar-refractivity contribution in [1.82, 2.24) is 0 Å². The van der Waals surface area contributed by atoms with Crippen LogP contribution in [0, 0.1) is 5.82 Å². The number of carbonyl (C=O) groups excluding carboxylic acids is 1. The Labute approximate surface area is 92.2 Å². The van der Waals surface area contributed by atoms with E-state index in [4.69, 9.17) is 0 Å². The van der Waals surface area contributed by atoms with E-state index in [1.807, 2.05) is 15.9 Å². The van der Waals surface area contributed by atoms with Gasteiger partial charge < -0.3 is 4.74 Å². The van der Waals surface area contributed by atoms with Crippen LogP contribution in [0.2, 0.25) is 0 Å². The molecule has 2 nitrogen and oxygen atoms in total. The minimum Gasteiger partial charge on any atom is -0.494 e. The van der Waals surface area contributed by atoms with Crippen LogP contribution in [0.15, 0.2) is 18.2 Å². The molecule has 1 rings (SSSR count). The van der Waals surface area contributed by atoms with Gasteiger partial charge in [-0.2, -0.15) is 8.78 Å². The van der Waals surface area contributed by atoms with E-state index >= 15 is 0 Å². The molecule has 0 aliphatic heterocycles. The van der Waals surface area contributed by atoms with Gasteiger partial charge in [0.25, 0.3) is 0 Å². The zero-order chi connectivity index (χ0) is 11.6. The maximum Gasteiger partial charge on any atom is 0.363 e. The molecule has 0 saturated heterocycles. The summed E-state index contributed by atoms with van der Waals surface area (Å²) in [4.78, 5) is 7.33. The molecule has 0 spiro atoms. The van der Waals surface area contributed by atoms with Gasteiger partial charge in [0.15, 0.2) is 11.6 Å². The standard InChI is InChI=1S/C9H6BrF3O2/c1-15-7-3-2-5(4-6(7)11)8(14)9(10,12)13/h2-4H,1H3. The van der Waals surface area contributed by atoms with Crippen molar-refractivity contribution in [2.24, 2.45) is 0 Å². The van der Waals surface area contributed by atoms with Crippen LogP contribution in [0.1, 0.15) is 10.4 Å². The van der Waals surface area contributed by atoms with Gasteiger partial charge in [-0.05, 0) is 34.1 Å². The fraction of sp³-hybridized carbons (Fsp3) is 0.222. The third-order valence-corrected chi connectivity index (χ3v) is 2.03. The first-order chi connectivity index (χ1) is 6.86. The molecule has 0 N–H and O–H groups in total. The molecule has 0 aliphatic rings. The monoisotopic (exact) mass is 282 g/mol. The fourth-order valence-electron chi connectivity index (χ4n) is 0.971. The van der Waals surface area contributed by atoms with Gasteiger partial charge in [-0.3, -0.25) is 4.79 Å². The maximum atomic E-state index is 13.1. The van der Waals surface area contributed by atoms with E-state index in [0.717, 1.165) is 12.1 Å². The van der Waals surface area contributed by atoms with Crippen molar-refractivity contribution in [3.05, 3.63) is 29.6 Å². The van der Waals surface area contributed by atoms with Crippen LogP contribution in [0.3, 0.4) is 0 Å². The first-order valence-electron chi connectivity index (χ1n) is 3.81. The highest BCUT2D eigenvalue weighted by atomic mass is 79.9. The SMILES string of the molecule is COc1ccc(C(=O)C(F)(F)Br)cc1F. The summed E-state index contributed by atoms with van der Waals surface area (Å²) in [5, 5.41) is 0. The zero-order valence-corrected chi connectivity index (χ0v) is 9.15. The average Bonchev–Trinajstić information content (AvgIpc) is 2.15. The molecule has 15 heavy (non-hydrogen) atoms. The molecule has 0 radical (unpaired) electrons. The number of hydrogen-bond acceptors (Lipinski definition) is 2. The summed E-state index contributed by atoms with van der Waals surface area (Å²) in [6.45, 7) is 0. The molecule has 1 aromatic rings. The lowest BCUT2D eigenvalue weighted by atomic mass is 10.1. The van der Waals surface area contributed by atoms with E-state index in [1.165, 1.54) is 7.11 Å². The summed E-state index contributed by atoms with van der Waals surface area (Å²) in [5.41, 5.74) is -0.421. The summed E-state index contributed by atoms with van der Waals surface area (Å²) in [6.07, 6.45) is 0. The number of rotatable bonds is 3. The highest BCUT2D eigenvalue weighted by Crippen LogP contribution is 2.28. The van der Waals surface area contributed by atoms with Crippen LogP contribution in [0.25, 0.3) is 0 Å². The Morgan fingerprint density at radius 1 is 1.47 bits per heavy atom. The number of hydrogen-bond donors (Lipinski definition) is 0. The number of Topliss-reactive ketones (excluding diaryl/α,β-unsaturated/α-hetero) is 1. The van der Waals surface area contributed by atoms with Crippen molar-refractivity contribution in [3.8, 4) is 5.75 Å². The van der Waals surface area contributed by atoms with Crippen LogP contribution in [-0.2, 0) is 0 Å². The van der Waals surface area contributed by atoms with Crippen LogP contribution in [-0.4, -0.2) is 17.7 Å². The largest absolute Gasteiger partial charge is 0.494 e. The van der Waals surface area contributed by atoms with Crippen molar-refractivity contribution in [1.29, 1.82) is 0 Å². The number of ketones is 1. The number of alkyl halides is 3. The molecule has 0 bridgehead atoms. The van der Waals surface area contributed by atoms with Crippen molar-refractivity contribution in [2.75, 3.05) is 7.11 Å². The number of methoxy groups -OCH3 is 1. The predicted molar refractivity (Wildman–Crippen MR) is 51.2 cm³/mol. The molecule has 0 atom stereocenters. The molecule has 0 aliphatic carbocycles. The van der Waals surface area contributed by atoms with E-state index in [2.05, 4.69) is 4.74 Å². The highest BCUT2D eigenvalue weighted by molar-refractivity contribution is 9.10. The van der Waals surface area contributed by atoms with E-state index in [0.29, 0.717) is 6.07 Å². The number of halogens is 4. The quantitative estimate of drug-likeness (QED) is 0.629. The first kappa shape index (κ1) is 12.0. The van der Waals surface area contributed by atoms with Crippen LogP contribution in [0.5, 0.6) is 5.75 Å². The Kier molecular flexibility index (Phi) is 3.38. The zero-order valence-electron chi connectivity index (χ0n) is 7.56. The molecule has 0 fully saturated rings. The minimum atomic E-state index is -3.69.